The molecule has 7 heteroatoms. The summed E-state index contributed by atoms with van der Waals surface area (Å²) in [5.74, 6) is 1.50. The normalized spacial score (nSPS) is 11.5. The van der Waals surface area contributed by atoms with Crippen molar-refractivity contribution in [3.63, 3.8) is 0 Å². The summed E-state index contributed by atoms with van der Waals surface area (Å²) < 4.78 is 1.88. The van der Waals surface area contributed by atoms with Gasteiger partial charge in [-0.1, -0.05) is 154 Å². The van der Waals surface area contributed by atoms with Gasteiger partial charge in [-0.2, -0.15) is 4.73 Å². The van der Waals surface area contributed by atoms with Gasteiger partial charge in [-0.15, -0.1) is 0 Å². The molecule has 1 amide bonds. The number of amides is 1. The minimum Gasteiger partial charge on any atom is -0.412 e. The Hall–Kier alpha value is -2.83. The van der Waals surface area contributed by atoms with Crippen molar-refractivity contribution in [1.29, 1.82) is 0 Å². The molecule has 0 saturated carbocycles. The van der Waals surface area contributed by atoms with Crippen molar-refractivity contribution < 1.29 is 9.63 Å². The summed E-state index contributed by atoms with van der Waals surface area (Å²) in [7, 11) is 0. The first-order valence-corrected chi connectivity index (χ1v) is 19.6. The van der Waals surface area contributed by atoms with Gasteiger partial charge in [0.25, 0.3) is 0 Å². The van der Waals surface area contributed by atoms with E-state index in [0.717, 1.165) is 67.2 Å². The largest absolute Gasteiger partial charge is 0.412 e. The van der Waals surface area contributed by atoms with E-state index in [1.165, 1.54) is 109 Å². The van der Waals surface area contributed by atoms with Crippen molar-refractivity contribution in [1.82, 2.24) is 20.0 Å². The van der Waals surface area contributed by atoms with Gasteiger partial charge in [-0.3, -0.25) is 4.79 Å². The molecule has 3 N–H and O–H groups in total. The first-order valence-electron chi connectivity index (χ1n) is 19.6. The highest BCUT2D eigenvalue weighted by Crippen LogP contribution is 2.28. The number of hydrogen-bond acceptors (Lipinski definition) is 5. The molecule has 0 radical (unpaired) electrons. The topological polar surface area (TPSA) is 95.1 Å². The van der Waals surface area contributed by atoms with Crippen molar-refractivity contribution in [3.05, 3.63) is 30.1 Å². The molecule has 0 fully saturated rings. The van der Waals surface area contributed by atoms with Crippen LogP contribution in [0.3, 0.4) is 0 Å². The van der Waals surface area contributed by atoms with E-state index in [-0.39, 0.29) is 5.91 Å². The Morgan fingerprint density at radius 3 is 1.85 bits per heavy atom. The molecule has 1 aromatic carbocycles. The molecule has 7 nitrogen and oxygen atoms in total. The fraction of sp³-hybridized carbons (Fsp3) is 0.725. The maximum Gasteiger partial charge on any atom is 0.219 e. The molecular formula is C40H67N5O2. The van der Waals surface area contributed by atoms with Crippen molar-refractivity contribution in [2.24, 2.45) is 0 Å². The van der Waals surface area contributed by atoms with Gasteiger partial charge in [0.2, 0.25) is 5.91 Å². The van der Waals surface area contributed by atoms with Crippen LogP contribution in [0.1, 0.15) is 174 Å². The van der Waals surface area contributed by atoms with Gasteiger partial charge in [0, 0.05) is 24.8 Å². The number of rotatable bonds is 29. The smallest absolute Gasteiger partial charge is 0.219 e. The van der Waals surface area contributed by atoms with Gasteiger partial charge in [-0.25, -0.2) is 9.97 Å². The molecule has 0 bridgehead atoms. The van der Waals surface area contributed by atoms with Crippen LogP contribution in [0.5, 0.6) is 0 Å². The van der Waals surface area contributed by atoms with Gasteiger partial charge in [-0.05, 0) is 31.7 Å². The quantitative estimate of drug-likeness (QED) is 0.0730. The van der Waals surface area contributed by atoms with E-state index in [1.807, 2.05) is 29.0 Å². The van der Waals surface area contributed by atoms with E-state index in [9.17, 15) is 4.79 Å². The number of aromatic nitrogens is 3. The van der Waals surface area contributed by atoms with Crippen molar-refractivity contribution in [2.45, 2.75) is 174 Å². The second-order valence-electron chi connectivity index (χ2n) is 13.6. The van der Waals surface area contributed by atoms with E-state index in [0.29, 0.717) is 30.9 Å². The number of unbranched alkanes of at least 4 members (excludes halogenated alkanes) is 20. The zero-order chi connectivity index (χ0) is 33.4. The van der Waals surface area contributed by atoms with Crippen LogP contribution in [0.4, 0.5) is 5.82 Å². The van der Waals surface area contributed by atoms with Crippen molar-refractivity contribution in [3.8, 4) is 0 Å². The monoisotopic (exact) mass is 650 g/mol. The minimum atomic E-state index is 0.176. The maximum absolute atomic E-state index is 12.3. The Morgan fingerprint density at radius 2 is 1.26 bits per heavy atom. The molecule has 0 aliphatic carbocycles. The average Bonchev–Trinajstić information content (AvgIpc) is 3.45. The van der Waals surface area contributed by atoms with Gasteiger partial charge in [0.15, 0.2) is 5.82 Å². The number of hydrogen-bond donors (Lipinski definition) is 2. The Labute approximate surface area is 286 Å². The molecule has 3 aromatic rings. The minimum absolute atomic E-state index is 0.176. The Bertz CT molecular complexity index is 1260. The van der Waals surface area contributed by atoms with E-state index < -0.39 is 0 Å². The van der Waals surface area contributed by atoms with Crippen LogP contribution in [0, 0.1) is 0 Å². The third-order valence-corrected chi connectivity index (χ3v) is 9.42. The van der Waals surface area contributed by atoms with Gasteiger partial charge >= 0.3 is 0 Å². The summed E-state index contributed by atoms with van der Waals surface area (Å²) >= 11 is 0. The van der Waals surface area contributed by atoms with E-state index >= 15 is 0 Å². The molecule has 0 saturated heterocycles. The summed E-state index contributed by atoms with van der Waals surface area (Å²) in [5, 5.41) is 4.09. The number of nitrogens with zero attached hydrogens (tertiary/aromatic N) is 3. The first-order chi connectivity index (χ1) is 23.2. The number of nitrogens with two attached hydrogens (primary N) is 1. The third-order valence-electron chi connectivity index (χ3n) is 9.42. The molecule has 0 aliphatic rings. The highest BCUT2D eigenvalue weighted by Gasteiger charge is 2.18. The number of fused-ring (bicyclic) bond motifs is 3. The number of benzene rings is 1. The van der Waals surface area contributed by atoms with E-state index in [4.69, 9.17) is 15.6 Å². The summed E-state index contributed by atoms with van der Waals surface area (Å²) in [6.07, 6.45) is 31.3. The number of aryl methyl sites for hydroxylation is 1. The lowest BCUT2D eigenvalue weighted by Gasteiger charge is -2.12. The van der Waals surface area contributed by atoms with Crippen LogP contribution in [-0.4, -0.2) is 33.8 Å². The van der Waals surface area contributed by atoms with Crippen molar-refractivity contribution >= 4 is 33.7 Å². The van der Waals surface area contributed by atoms with E-state index in [1.54, 1.807) is 0 Å². The number of imidazole rings is 1. The molecule has 0 aliphatic heterocycles. The highest BCUT2D eigenvalue weighted by atomic mass is 16.7. The molecule has 0 atom stereocenters. The predicted molar refractivity (Wildman–Crippen MR) is 200 cm³/mol. The zero-order valence-electron chi connectivity index (χ0n) is 30.1. The second kappa shape index (κ2) is 24.3. The molecule has 47 heavy (non-hydrogen) atoms. The van der Waals surface area contributed by atoms with Crippen LogP contribution < -0.4 is 15.9 Å². The molecular weight excluding hydrogens is 582 g/mol. The summed E-state index contributed by atoms with van der Waals surface area (Å²) in [6.45, 7) is 5.71. The Kier molecular flexibility index (Phi) is 20.0. The summed E-state index contributed by atoms with van der Waals surface area (Å²) in [6, 6.07) is 7.99. The predicted octanol–water partition coefficient (Wildman–Crippen LogP) is 10.7. The fourth-order valence-electron chi connectivity index (χ4n) is 6.52. The Balaban J connectivity index is 1.16. The molecule has 264 valence electrons. The van der Waals surface area contributed by atoms with Gasteiger partial charge in [0.05, 0.1) is 5.52 Å². The number of carbonyl (C=O) groups is 1. The van der Waals surface area contributed by atoms with E-state index in [2.05, 4.69) is 24.1 Å². The standard InChI is InChI=1S/C40H67N5O2/c1-3-5-7-8-9-10-11-12-13-14-15-16-17-18-19-20-21-22-23-31-37(46)42-32-26-27-33-47-45-36(30-6-4-2)44-38-39(45)34-28-24-25-29-35(34)43-40(38)41/h24-25,28-29H,3-23,26-27,30-33H2,1-2H3,(H2,41,43)(H,42,46). The number of nitrogens with one attached hydrogen (secondary N) is 1. The molecule has 0 spiro atoms. The van der Waals surface area contributed by atoms with Crippen LogP contribution in [-0.2, 0) is 11.2 Å². The third kappa shape index (κ3) is 14.9. The lowest BCUT2D eigenvalue weighted by atomic mass is 10.0. The zero-order valence-corrected chi connectivity index (χ0v) is 30.1. The average molecular weight is 650 g/mol. The van der Waals surface area contributed by atoms with Gasteiger partial charge in [0.1, 0.15) is 23.5 Å². The lowest BCUT2D eigenvalue weighted by molar-refractivity contribution is -0.121. The SMILES string of the molecule is CCCCCCCCCCCCCCCCCCCCCC(=O)NCCCCOn1c(CCCC)nc2c(N)nc3ccccc3c21. The maximum atomic E-state index is 12.3. The molecule has 3 rings (SSSR count). The molecule has 2 heterocycles. The Morgan fingerprint density at radius 1 is 0.702 bits per heavy atom. The van der Waals surface area contributed by atoms with Crippen LogP contribution in [0.25, 0.3) is 21.9 Å². The lowest BCUT2D eigenvalue weighted by Crippen LogP contribution is -2.24. The van der Waals surface area contributed by atoms with Gasteiger partial charge < -0.3 is 15.9 Å². The molecule has 2 aromatic heterocycles. The number of carbonyl (C=O) groups excluding carboxylic acids is 1. The van der Waals surface area contributed by atoms with Crippen molar-refractivity contribution in [2.75, 3.05) is 18.9 Å². The summed E-state index contributed by atoms with van der Waals surface area (Å²) in [5.41, 5.74) is 8.73. The molecule has 0 unspecified atom stereocenters. The fourth-order valence-corrected chi connectivity index (χ4v) is 6.52. The summed E-state index contributed by atoms with van der Waals surface area (Å²) in [4.78, 5) is 28.0. The van der Waals surface area contributed by atoms with Crippen LogP contribution >= 0.6 is 0 Å². The number of pyridine rings is 1. The van der Waals surface area contributed by atoms with Crippen LogP contribution in [0.15, 0.2) is 24.3 Å². The second-order valence-corrected chi connectivity index (χ2v) is 13.6. The number of anilines is 1. The first kappa shape index (κ1) is 38.6. The number of para-hydroxylation sites is 1. The highest BCUT2D eigenvalue weighted by molar-refractivity contribution is 6.06. The van der Waals surface area contributed by atoms with Crippen LogP contribution in [0.2, 0.25) is 0 Å². The number of nitrogen functional groups attached to an aromatic ring is 1.